The molecule has 3 aliphatic heterocycles. The van der Waals surface area contributed by atoms with Crippen LogP contribution in [-0.4, -0.2) is 50.8 Å². The van der Waals surface area contributed by atoms with E-state index in [4.69, 9.17) is 9.47 Å². The maximum atomic E-state index is 14.6. The van der Waals surface area contributed by atoms with Crippen molar-refractivity contribution in [1.82, 2.24) is 0 Å². The van der Waals surface area contributed by atoms with Crippen molar-refractivity contribution in [3.05, 3.63) is 23.8 Å². The molecule has 1 aliphatic carbocycles. The molecule has 6 nitrogen and oxygen atoms in total. The van der Waals surface area contributed by atoms with Crippen LogP contribution in [0.25, 0.3) is 0 Å². The zero-order valence-corrected chi connectivity index (χ0v) is 15.5. The van der Waals surface area contributed by atoms with Crippen molar-refractivity contribution in [2.75, 3.05) is 42.6 Å². The molecule has 4 aliphatic rings. The first-order valence-electron chi connectivity index (χ1n) is 9.77. The molecule has 0 unspecified atom stereocenters. The highest BCUT2D eigenvalue weighted by molar-refractivity contribution is 5.90. The molecule has 1 aromatic rings. The Balaban J connectivity index is 1.25. The first-order valence-corrected chi connectivity index (χ1v) is 9.77. The van der Waals surface area contributed by atoms with E-state index in [1.165, 1.54) is 17.0 Å². The van der Waals surface area contributed by atoms with Crippen molar-refractivity contribution in [2.24, 2.45) is 11.3 Å². The number of benzene rings is 1. The lowest BCUT2D eigenvalue weighted by atomic mass is 9.77. The molecular weight excluding hydrogens is 370 g/mol. The summed E-state index contributed by atoms with van der Waals surface area (Å²) in [4.78, 5) is 26.9. The number of halogens is 2. The number of ketones is 1. The van der Waals surface area contributed by atoms with Crippen molar-refractivity contribution < 1.29 is 27.8 Å². The molecule has 1 spiro atoms. The molecule has 5 rings (SSSR count). The molecule has 1 amide bonds. The average molecular weight is 392 g/mol. The lowest BCUT2D eigenvalue weighted by Crippen LogP contribution is -2.66. The van der Waals surface area contributed by atoms with E-state index in [0.717, 1.165) is 12.8 Å². The molecule has 150 valence electrons. The summed E-state index contributed by atoms with van der Waals surface area (Å²) < 4.78 is 39.8. The van der Waals surface area contributed by atoms with Crippen molar-refractivity contribution in [2.45, 2.75) is 31.8 Å². The van der Waals surface area contributed by atoms with Crippen molar-refractivity contribution in [3.63, 3.8) is 0 Å². The molecule has 28 heavy (non-hydrogen) atoms. The van der Waals surface area contributed by atoms with Crippen LogP contribution >= 0.6 is 0 Å². The summed E-state index contributed by atoms with van der Waals surface area (Å²) in [5, 5.41) is 0. The van der Waals surface area contributed by atoms with Gasteiger partial charge in [0.15, 0.2) is 11.6 Å². The Morgan fingerprint density at radius 2 is 1.86 bits per heavy atom. The van der Waals surface area contributed by atoms with Crippen LogP contribution in [0.3, 0.4) is 0 Å². The molecular formula is C20H22F2N2O4. The molecule has 1 saturated carbocycles. The second-order valence-corrected chi connectivity index (χ2v) is 8.50. The number of amides is 1. The minimum Gasteiger partial charge on any atom is -0.444 e. The van der Waals surface area contributed by atoms with Gasteiger partial charge in [-0.1, -0.05) is 0 Å². The van der Waals surface area contributed by atoms with Crippen LogP contribution in [0.4, 0.5) is 25.0 Å². The molecule has 0 bridgehead atoms. The van der Waals surface area contributed by atoms with Gasteiger partial charge in [-0.15, -0.1) is 0 Å². The number of ether oxygens (including phenoxy) is 2. The van der Waals surface area contributed by atoms with Gasteiger partial charge >= 0.3 is 6.09 Å². The van der Waals surface area contributed by atoms with Crippen LogP contribution in [0, 0.1) is 23.0 Å². The summed E-state index contributed by atoms with van der Waals surface area (Å²) in [6.07, 6.45) is 1.65. The normalized spacial score (nSPS) is 25.5. The summed E-state index contributed by atoms with van der Waals surface area (Å²) in [7, 11) is 0. The van der Waals surface area contributed by atoms with E-state index >= 15 is 0 Å². The zero-order valence-electron chi connectivity index (χ0n) is 15.5. The third kappa shape index (κ3) is 3.03. The minimum atomic E-state index is -0.690. The zero-order chi connectivity index (χ0) is 19.5. The number of anilines is 2. The van der Waals surface area contributed by atoms with Crippen LogP contribution in [0.5, 0.6) is 0 Å². The molecule has 0 N–H and O–H groups in total. The van der Waals surface area contributed by atoms with Crippen LogP contribution in [0.15, 0.2) is 12.1 Å². The summed E-state index contributed by atoms with van der Waals surface area (Å²) in [6.45, 7) is 2.61. The van der Waals surface area contributed by atoms with Gasteiger partial charge < -0.3 is 14.4 Å². The lowest BCUT2D eigenvalue weighted by molar-refractivity contribution is -0.127. The van der Waals surface area contributed by atoms with Gasteiger partial charge in [0, 0.05) is 37.6 Å². The number of Topliss-reactive ketones (excluding diaryl/α,β-unsaturated/α-hetero) is 1. The van der Waals surface area contributed by atoms with Crippen LogP contribution in [0.1, 0.15) is 25.7 Å². The summed E-state index contributed by atoms with van der Waals surface area (Å²) in [6, 6.07) is 2.36. The second-order valence-electron chi connectivity index (χ2n) is 8.50. The quantitative estimate of drug-likeness (QED) is 0.745. The highest BCUT2D eigenvalue weighted by atomic mass is 19.1. The molecule has 0 radical (unpaired) electrons. The molecule has 1 aromatic carbocycles. The van der Waals surface area contributed by atoms with Gasteiger partial charge in [-0.2, -0.15) is 0 Å². The van der Waals surface area contributed by atoms with Crippen LogP contribution < -0.4 is 9.80 Å². The van der Waals surface area contributed by atoms with Gasteiger partial charge in [0.05, 0.1) is 30.9 Å². The van der Waals surface area contributed by atoms with Crippen molar-refractivity contribution >= 4 is 23.3 Å². The van der Waals surface area contributed by atoms with E-state index in [2.05, 4.69) is 0 Å². The number of hydrogen-bond donors (Lipinski definition) is 0. The Morgan fingerprint density at radius 1 is 1.18 bits per heavy atom. The fourth-order valence-electron chi connectivity index (χ4n) is 4.30. The fourth-order valence-corrected chi connectivity index (χ4v) is 4.30. The van der Waals surface area contributed by atoms with E-state index in [1.54, 1.807) is 4.90 Å². The number of cyclic esters (lactones) is 1. The Labute approximate surface area is 161 Å². The molecule has 3 heterocycles. The van der Waals surface area contributed by atoms with Gasteiger partial charge in [0.1, 0.15) is 17.6 Å². The van der Waals surface area contributed by atoms with Crippen LogP contribution in [-0.2, 0) is 14.3 Å². The average Bonchev–Trinajstić information content (AvgIpc) is 3.35. The lowest BCUT2D eigenvalue weighted by Gasteiger charge is -2.56. The summed E-state index contributed by atoms with van der Waals surface area (Å²) in [5.41, 5.74) is 0.129. The third-order valence-corrected chi connectivity index (χ3v) is 6.12. The Bertz CT molecular complexity index is 806. The predicted molar refractivity (Wildman–Crippen MR) is 96.4 cm³/mol. The van der Waals surface area contributed by atoms with E-state index < -0.39 is 23.8 Å². The molecule has 3 saturated heterocycles. The van der Waals surface area contributed by atoms with Gasteiger partial charge in [-0.05, 0) is 19.3 Å². The number of carbonyl (C=O) groups excluding carboxylic acids is 2. The monoisotopic (exact) mass is 392 g/mol. The minimum absolute atomic E-state index is 0.0431. The van der Waals surface area contributed by atoms with E-state index in [1.807, 2.05) is 0 Å². The Hall–Kier alpha value is -2.22. The topological polar surface area (TPSA) is 59.1 Å². The van der Waals surface area contributed by atoms with Crippen molar-refractivity contribution in [1.29, 1.82) is 0 Å². The predicted octanol–water partition coefficient (Wildman–Crippen LogP) is 2.89. The third-order valence-electron chi connectivity index (χ3n) is 6.12. The van der Waals surface area contributed by atoms with Gasteiger partial charge in [0.25, 0.3) is 0 Å². The van der Waals surface area contributed by atoms with Gasteiger partial charge in [0.2, 0.25) is 0 Å². The molecule has 0 aromatic heterocycles. The summed E-state index contributed by atoms with van der Waals surface area (Å²) in [5.74, 6) is -0.994. The number of hydrogen-bond acceptors (Lipinski definition) is 5. The fraction of sp³-hybridized carbons (Fsp3) is 0.600. The largest absolute Gasteiger partial charge is 0.444 e. The van der Waals surface area contributed by atoms with E-state index in [0.29, 0.717) is 39.1 Å². The van der Waals surface area contributed by atoms with E-state index in [-0.39, 0.29) is 35.0 Å². The first kappa shape index (κ1) is 17.8. The Kier molecular flexibility index (Phi) is 4.08. The first-order chi connectivity index (χ1) is 13.4. The van der Waals surface area contributed by atoms with Crippen molar-refractivity contribution in [3.8, 4) is 0 Å². The van der Waals surface area contributed by atoms with Crippen LogP contribution in [0.2, 0.25) is 0 Å². The SMILES string of the molecule is O=C(CC[C@H]1CN(c2cc(F)c(N3CC4(COC4)C3)c(F)c2)C(=O)O1)C1CC1. The highest BCUT2D eigenvalue weighted by Crippen LogP contribution is 2.43. The maximum Gasteiger partial charge on any atom is 0.414 e. The second kappa shape index (κ2) is 6.40. The number of rotatable bonds is 6. The molecule has 1 atom stereocenters. The standard InChI is InChI=1S/C20H22F2N2O4/c21-15-5-13(6-16(22)18(15)23-8-20(9-23)10-27-11-20)24-7-14(28-19(24)26)3-4-17(25)12-1-2-12/h5-6,12,14H,1-4,7-11H2/t14-/m0/s1. The Morgan fingerprint density at radius 3 is 2.43 bits per heavy atom. The smallest absolute Gasteiger partial charge is 0.414 e. The van der Waals surface area contributed by atoms with E-state index in [9.17, 15) is 18.4 Å². The molecule has 8 heteroatoms. The molecule has 4 fully saturated rings. The summed E-state index contributed by atoms with van der Waals surface area (Å²) >= 11 is 0. The van der Waals surface area contributed by atoms with Gasteiger partial charge in [-0.25, -0.2) is 13.6 Å². The maximum absolute atomic E-state index is 14.6. The van der Waals surface area contributed by atoms with Gasteiger partial charge in [-0.3, -0.25) is 9.69 Å². The number of carbonyl (C=O) groups is 2. The highest BCUT2D eigenvalue weighted by Gasteiger charge is 2.50. The number of nitrogens with zero attached hydrogens (tertiary/aromatic N) is 2.